The minimum atomic E-state index is -0.301. The highest BCUT2D eigenvalue weighted by atomic mass is 16.6. The zero-order valence-electron chi connectivity index (χ0n) is 16.0. The van der Waals surface area contributed by atoms with E-state index in [0.717, 1.165) is 43.2 Å². The van der Waals surface area contributed by atoms with Gasteiger partial charge in [-0.1, -0.05) is 31.1 Å². The lowest BCUT2D eigenvalue weighted by molar-refractivity contribution is -0.122. The van der Waals surface area contributed by atoms with Crippen molar-refractivity contribution in [1.82, 2.24) is 9.80 Å². The number of ether oxygens (including phenoxy) is 1. The number of hydrogen-bond donors (Lipinski definition) is 1. The van der Waals surface area contributed by atoms with Crippen molar-refractivity contribution in [2.45, 2.75) is 32.9 Å². The molecule has 144 valence electrons. The van der Waals surface area contributed by atoms with Gasteiger partial charge in [0.25, 0.3) is 0 Å². The molecule has 7 nitrogen and oxygen atoms in total. The maximum absolute atomic E-state index is 11.8. The van der Waals surface area contributed by atoms with Crippen LogP contribution in [-0.2, 0) is 16.2 Å². The lowest BCUT2D eigenvalue weighted by Gasteiger charge is -2.25. The number of methoxy groups -OCH3 is 1. The minimum absolute atomic E-state index is 0.297. The van der Waals surface area contributed by atoms with Crippen molar-refractivity contribution in [3.8, 4) is 5.75 Å². The van der Waals surface area contributed by atoms with E-state index in [9.17, 15) is 4.79 Å². The number of nitrogens with zero attached hydrogens (tertiary/aromatic N) is 3. The standard InChI is InChI=1S/C19H30N4O3/c1-4-22(5-2)10-11-23-13-16(12-18(23)19(20)24)21-26-14-15-6-8-17(25-3)9-7-15/h6-9,18H,4-5,10-14H2,1-3H3,(H2,20,24). The van der Waals surface area contributed by atoms with Gasteiger partial charge >= 0.3 is 0 Å². The molecule has 1 aromatic carbocycles. The number of amides is 1. The van der Waals surface area contributed by atoms with E-state index in [1.54, 1.807) is 7.11 Å². The summed E-state index contributed by atoms with van der Waals surface area (Å²) in [5.74, 6) is 0.508. The third-order valence-corrected chi connectivity index (χ3v) is 4.77. The van der Waals surface area contributed by atoms with E-state index in [4.69, 9.17) is 15.3 Å². The molecule has 0 bridgehead atoms. The molecule has 1 aromatic rings. The van der Waals surface area contributed by atoms with E-state index in [1.807, 2.05) is 24.3 Å². The zero-order valence-corrected chi connectivity index (χ0v) is 16.0. The molecule has 1 saturated heterocycles. The van der Waals surface area contributed by atoms with Gasteiger partial charge in [0.15, 0.2) is 0 Å². The second-order valence-corrected chi connectivity index (χ2v) is 6.40. The summed E-state index contributed by atoms with van der Waals surface area (Å²) >= 11 is 0. The van der Waals surface area contributed by atoms with Crippen molar-refractivity contribution < 1.29 is 14.4 Å². The van der Waals surface area contributed by atoms with Crippen LogP contribution in [0.4, 0.5) is 0 Å². The monoisotopic (exact) mass is 362 g/mol. The van der Waals surface area contributed by atoms with Crippen LogP contribution in [0.3, 0.4) is 0 Å². The van der Waals surface area contributed by atoms with Gasteiger partial charge in [-0.25, -0.2) is 0 Å². The van der Waals surface area contributed by atoms with Crippen LogP contribution >= 0.6 is 0 Å². The van der Waals surface area contributed by atoms with Crippen molar-refractivity contribution >= 4 is 11.6 Å². The van der Waals surface area contributed by atoms with Crippen LogP contribution in [0.25, 0.3) is 0 Å². The Morgan fingerprint density at radius 3 is 2.58 bits per heavy atom. The summed E-state index contributed by atoms with van der Waals surface area (Å²) in [7, 11) is 1.64. The van der Waals surface area contributed by atoms with Gasteiger partial charge in [-0.3, -0.25) is 9.69 Å². The van der Waals surface area contributed by atoms with Gasteiger partial charge in [-0.2, -0.15) is 0 Å². The van der Waals surface area contributed by atoms with Gasteiger partial charge in [-0.15, -0.1) is 0 Å². The number of likely N-dealkylation sites (N-methyl/N-ethyl adjacent to an activating group) is 1. The molecule has 1 heterocycles. The maximum atomic E-state index is 11.8. The fourth-order valence-electron chi connectivity index (χ4n) is 3.07. The summed E-state index contributed by atoms with van der Waals surface area (Å²) < 4.78 is 5.14. The van der Waals surface area contributed by atoms with Crippen LogP contribution in [0.15, 0.2) is 29.4 Å². The number of rotatable bonds is 10. The molecule has 7 heteroatoms. The Hall–Kier alpha value is -2.12. The summed E-state index contributed by atoms with van der Waals surface area (Å²) in [5.41, 5.74) is 7.44. The number of benzene rings is 1. The van der Waals surface area contributed by atoms with E-state index in [2.05, 4.69) is 28.8 Å². The number of hydrogen-bond acceptors (Lipinski definition) is 6. The summed E-state index contributed by atoms with van der Waals surface area (Å²) in [6.07, 6.45) is 0.538. The highest BCUT2D eigenvalue weighted by Gasteiger charge is 2.33. The highest BCUT2D eigenvalue weighted by Crippen LogP contribution is 2.16. The van der Waals surface area contributed by atoms with Crippen molar-refractivity contribution in [2.75, 3.05) is 39.8 Å². The molecule has 0 aromatic heterocycles. The molecule has 0 aliphatic carbocycles. The Morgan fingerprint density at radius 2 is 2.00 bits per heavy atom. The van der Waals surface area contributed by atoms with Crippen LogP contribution in [0.5, 0.6) is 5.75 Å². The minimum Gasteiger partial charge on any atom is -0.497 e. The van der Waals surface area contributed by atoms with Crippen LogP contribution in [0.1, 0.15) is 25.8 Å². The van der Waals surface area contributed by atoms with Gasteiger partial charge in [0.1, 0.15) is 12.4 Å². The number of carbonyl (C=O) groups excluding carboxylic acids is 1. The second-order valence-electron chi connectivity index (χ2n) is 6.40. The highest BCUT2D eigenvalue weighted by molar-refractivity contribution is 5.95. The Morgan fingerprint density at radius 1 is 1.31 bits per heavy atom. The van der Waals surface area contributed by atoms with Gasteiger partial charge in [0, 0.05) is 26.1 Å². The predicted molar refractivity (Wildman–Crippen MR) is 102 cm³/mol. The lowest BCUT2D eigenvalue weighted by atomic mass is 10.2. The largest absolute Gasteiger partial charge is 0.497 e. The third kappa shape index (κ3) is 5.71. The first kappa shape index (κ1) is 20.2. The molecular formula is C19H30N4O3. The van der Waals surface area contributed by atoms with Gasteiger partial charge in [0.2, 0.25) is 5.91 Å². The molecule has 26 heavy (non-hydrogen) atoms. The molecule has 0 radical (unpaired) electrons. The average molecular weight is 362 g/mol. The first-order valence-corrected chi connectivity index (χ1v) is 9.13. The second kappa shape index (κ2) is 10.1. The number of primary amides is 1. The molecule has 1 amide bonds. The maximum Gasteiger partial charge on any atom is 0.235 e. The Bertz CT molecular complexity index is 599. The molecule has 0 saturated carbocycles. The average Bonchev–Trinajstić information content (AvgIpc) is 3.06. The van der Waals surface area contributed by atoms with E-state index < -0.39 is 0 Å². The van der Waals surface area contributed by atoms with E-state index in [-0.39, 0.29) is 11.9 Å². The van der Waals surface area contributed by atoms with E-state index in [1.165, 1.54) is 0 Å². The summed E-state index contributed by atoms with van der Waals surface area (Å²) in [6, 6.07) is 7.36. The third-order valence-electron chi connectivity index (χ3n) is 4.77. The molecule has 0 spiro atoms. The number of oxime groups is 1. The molecule has 1 unspecified atom stereocenters. The molecule has 1 aliphatic heterocycles. The van der Waals surface area contributed by atoms with Crippen molar-refractivity contribution in [3.63, 3.8) is 0 Å². The molecule has 2 N–H and O–H groups in total. The van der Waals surface area contributed by atoms with E-state index >= 15 is 0 Å². The normalized spacial score (nSPS) is 19.2. The molecule has 1 fully saturated rings. The topological polar surface area (TPSA) is 80.4 Å². The van der Waals surface area contributed by atoms with Crippen molar-refractivity contribution in [3.05, 3.63) is 29.8 Å². The predicted octanol–water partition coefficient (Wildman–Crippen LogP) is 1.47. The SMILES string of the molecule is CCN(CC)CCN1CC(=NOCc2ccc(OC)cc2)CC1C(N)=O. The fourth-order valence-corrected chi connectivity index (χ4v) is 3.07. The smallest absolute Gasteiger partial charge is 0.235 e. The number of likely N-dealkylation sites (tertiary alicyclic amines) is 1. The van der Waals surface area contributed by atoms with Gasteiger partial charge < -0.3 is 20.2 Å². The zero-order chi connectivity index (χ0) is 18.9. The van der Waals surface area contributed by atoms with E-state index in [0.29, 0.717) is 19.6 Å². The van der Waals surface area contributed by atoms with Crippen molar-refractivity contribution in [1.29, 1.82) is 0 Å². The number of nitrogens with two attached hydrogens (primary N) is 1. The lowest BCUT2D eigenvalue weighted by Crippen LogP contribution is -2.43. The Balaban J connectivity index is 1.88. The fraction of sp³-hybridized carbons (Fsp3) is 0.579. The first-order valence-electron chi connectivity index (χ1n) is 9.13. The molecular weight excluding hydrogens is 332 g/mol. The van der Waals surface area contributed by atoms with Gasteiger partial charge in [0.05, 0.1) is 18.9 Å². The molecule has 1 atom stereocenters. The van der Waals surface area contributed by atoms with Crippen LogP contribution in [0.2, 0.25) is 0 Å². The van der Waals surface area contributed by atoms with Gasteiger partial charge in [-0.05, 0) is 30.8 Å². The molecule has 2 rings (SSSR count). The summed E-state index contributed by atoms with van der Waals surface area (Å²) in [4.78, 5) is 21.7. The van der Waals surface area contributed by atoms with Crippen LogP contribution in [-0.4, -0.2) is 67.3 Å². The number of carbonyl (C=O) groups is 1. The Labute approximate surface area is 155 Å². The van der Waals surface area contributed by atoms with Crippen LogP contribution < -0.4 is 10.5 Å². The summed E-state index contributed by atoms with van der Waals surface area (Å²) in [6.45, 7) is 8.99. The molecule has 1 aliphatic rings. The van der Waals surface area contributed by atoms with Crippen molar-refractivity contribution in [2.24, 2.45) is 10.9 Å². The Kier molecular flexibility index (Phi) is 7.87. The quantitative estimate of drug-likeness (QED) is 0.638. The summed E-state index contributed by atoms with van der Waals surface area (Å²) in [5, 5.41) is 4.23. The first-order chi connectivity index (χ1) is 12.6. The van der Waals surface area contributed by atoms with Crippen LogP contribution in [0, 0.1) is 0 Å².